The van der Waals surface area contributed by atoms with Gasteiger partial charge >= 0.3 is 6.09 Å². The van der Waals surface area contributed by atoms with Gasteiger partial charge in [-0.2, -0.15) is 16.9 Å². The lowest BCUT2D eigenvalue weighted by atomic mass is 10.5. The minimum absolute atomic E-state index is 0.391. The van der Waals surface area contributed by atoms with Crippen LogP contribution in [0.4, 0.5) is 4.79 Å². The molecule has 0 bridgehead atoms. The number of carbonyl (C=O) groups excluding carboxylic acids is 1. The highest BCUT2D eigenvalue weighted by molar-refractivity contribution is 7.98. The Morgan fingerprint density at radius 2 is 2.31 bits per heavy atom. The largest absolute Gasteiger partial charge is 0.416 e. The third-order valence-corrected chi connectivity index (χ3v) is 2.81. The number of amides is 1. The Hall–Kier alpha value is -1.17. The summed E-state index contributed by atoms with van der Waals surface area (Å²) in [7, 11) is 5.05. The van der Waals surface area contributed by atoms with Gasteiger partial charge in [-0.25, -0.2) is 9.48 Å². The minimum Gasteiger partial charge on any atom is -0.391 e. The van der Waals surface area contributed by atoms with Crippen LogP contribution in [0.5, 0.6) is 5.88 Å². The molecule has 0 unspecified atom stereocenters. The molecule has 0 radical (unpaired) electrons. The Kier molecular flexibility index (Phi) is 4.67. The summed E-state index contributed by atoms with van der Waals surface area (Å²) in [4.78, 5) is 12.7. The molecule has 1 rings (SSSR count). The van der Waals surface area contributed by atoms with Gasteiger partial charge in [0.2, 0.25) is 5.88 Å². The standard InChI is InChI=1S/C10H17N3O2S/c1-5-16-7-8-6-9(13(4)11-8)15-10(14)12(2)3/h6H,5,7H2,1-4H3. The highest BCUT2D eigenvalue weighted by atomic mass is 32.2. The summed E-state index contributed by atoms with van der Waals surface area (Å²) in [5.41, 5.74) is 0.927. The zero-order chi connectivity index (χ0) is 12.1. The number of aromatic nitrogens is 2. The number of hydrogen-bond acceptors (Lipinski definition) is 4. The summed E-state index contributed by atoms with van der Waals surface area (Å²) in [5.74, 6) is 2.36. The van der Waals surface area contributed by atoms with Gasteiger partial charge in [-0.05, 0) is 5.75 Å². The second-order valence-electron chi connectivity index (χ2n) is 3.50. The van der Waals surface area contributed by atoms with E-state index in [-0.39, 0.29) is 0 Å². The second kappa shape index (κ2) is 5.79. The monoisotopic (exact) mass is 243 g/mol. The van der Waals surface area contributed by atoms with Gasteiger partial charge in [0.25, 0.3) is 0 Å². The predicted octanol–water partition coefficient (Wildman–Crippen LogP) is 1.73. The Labute approximate surface area is 99.8 Å². The first kappa shape index (κ1) is 12.9. The fraction of sp³-hybridized carbons (Fsp3) is 0.600. The van der Waals surface area contributed by atoms with Crippen LogP contribution in [0.2, 0.25) is 0 Å². The van der Waals surface area contributed by atoms with Crippen molar-refractivity contribution >= 4 is 17.9 Å². The van der Waals surface area contributed by atoms with E-state index < -0.39 is 6.09 Å². The molecule has 0 spiro atoms. The van der Waals surface area contributed by atoms with Crippen molar-refractivity contribution in [1.82, 2.24) is 14.7 Å². The molecule has 6 heteroatoms. The normalized spacial score (nSPS) is 10.2. The van der Waals surface area contributed by atoms with Crippen molar-refractivity contribution in [1.29, 1.82) is 0 Å². The van der Waals surface area contributed by atoms with E-state index in [4.69, 9.17) is 4.74 Å². The summed E-state index contributed by atoms with van der Waals surface area (Å²) in [5, 5.41) is 4.26. The van der Waals surface area contributed by atoms with E-state index in [1.807, 2.05) is 0 Å². The van der Waals surface area contributed by atoms with E-state index in [0.717, 1.165) is 17.2 Å². The van der Waals surface area contributed by atoms with E-state index in [9.17, 15) is 4.79 Å². The third-order valence-electron chi connectivity index (χ3n) is 1.90. The molecule has 0 atom stereocenters. The Morgan fingerprint density at radius 3 is 2.88 bits per heavy atom. The quantitative estimate of drug-likeness (QED) is 0.808. The molecule has 0 aromatic carbocycles. The van der Waals surface area contributed by atoms with Crippen LogP contribution in [0.15, 0.2) is 6.07 Å². The van der Waals surface area contributed by atoms with Crippen LogP contribution < -0.4 is 4.74 Å². The molecule has 90 valence electrons. The number of ether oxygens (including phenoxy) is 1. The molecule has 1 heterocycles. The lowest BCUT2D eigenvalue weighted by molar-refractivity contribution is 0.168. The van der Waals surface area contributed by atoms with Gasteiger partial charge in [0.15, 0.2) is 0 Å². The first-order valence-electron chi connectivity index (χ1n) is 5.04. The van der Waals surface area contributed by atoms with Crippen molar-refractivity contribution in [3.63, 3.8) is 0 Å². The molecule has 0 aliphatic heterocycles. The fourth-order valence-corrected chi connectivity index (χ4v) is 1.61. The Morgan fingerprint density at radius 1 is 1.62 bits per heavy atom. The fourth-order valence-electron chi connectivity index (χ4n) is 1.06. The number of rotatable bonds is 4. The summed E-state index contributed by atoms with van der Waals surface area (Å²) in [6.07, 6.45) is -0.391. The zero-order valence-electron chi connectivity index (χ0n) is 10.1. The first-order chi connectivity index (χ1) is 7.54. The summed E-state index contributed by atoms with van der Waals surface area (Å²) < 4.78 is 6.72. The maximum atomic E-state index is 11.3. The molecule has 0 aliphatic carbocycles. The van der Waals surface area contributed by atoms with Gasteiger partial charge in [-0.15, -0.1) is 0 Å². The number of thioether (sulfide) groups is 1. The molecule has 0 N–H and O–H groups in total. The predicted molar refractivity (Wildman–Crippen MR) is 64.8 cm³/mol. The highest BCUT2D eigenvalue weighted by Crippen LogP contribution is 2.17. The van der Waals surface area contributed by atoms with E-state index in [1.165, 1.54) is 4.90 Å². The average molecular weight is 243 g/mol. The summed E-state index contributed by atoms with van der Waals surface area (Å²) in [6, 6.07) is 1.80. The Bertz CT molecular complexity index is 363. The SMILES string of the molecule is CCSCc1cc(OC(=O)N(C)C)n(C)n1. The van der Waals surface area contributed by atoms with E-state index in [1.54, 1.807) is 43.7 Å². The molecule has 1 aromatic heterocycles. The molecular weight excluding hydrogens is 226 g/mol. The lowest BCUT2D eigenvalue weighted by Crippen LogP contribution is -2.26. The number of carbonyl (C=O) groups is 1. The van der Waals surface area contributed by atoms with Gasteiger partial charge in [0.1, 0.15) is 0 Å². The third kappa shape index (κ3) is 3.44. The maximum absolute atomic E-state index is 11.3. The number of nitrogens with zero attached hydrogens (tertiary/aromatic N) is 3. The first-order valence-corrected chi connectivity index (χ1v) is 6.19. The van der Waals surface area contributed by atoms with Gasteiger partial charge in [0.05, 0.1) is 5.69 Å². The van der Waals surface area contributed by atoms with Crippen molar-refractivity contribution in [2.24, 2.45) is 7.05 Å². The van der Waals surface area contributed by atoms with Crippen molar-refractivity contribution in [2.45, 2.75) is 12.7 Å². The maximum Gasteiger partial charge on any atom is 0.416 e. The molecule has 0 aliphatic rings. The number of hydrogen-bond donors (Lipinski definition) is 0. The highest BCUT2D eigenvalue weighted by Gasteiger charge is 2.12. The summed E-state index contributed by atoms with van der Waals surface area (Å²) in [6.45, 7) is 2.10. The molecule has 0 fully saturated rings. The van der Waals surface area contributed by atoms with E-state index in [0.29, 0.717) is 5.88 Å². The molecule has 1 aromatic rings. The Balaban J connectivity index is 2.66. The van der Waals surface area contributed by atoms with Crippen LogP contribution in [-0.2, 0) is 12.8 Å². The molecular formula is C10H17N3O2S. The molecule has 1 amide bonds. The van der Waals surface area contributed by atoms with Crippen molar-refractivity contribution in [3.8, 4) is 5.88 Å². The van der Waals surface area contributed by atoms with Crippen LogP contribution in [-0.4, -0.2) is 40.6 Å². The van der Waals surface area contributed by atoms with Crippen LogP contribution >= 0.6 is 11.8 Å². The van der Waals surface area contributed by atoms with Crippen LogP contribution in [0, 0.1) is 0 Å². The average Bonchev–Trinajstić information content (AvgIpc) is 2.56. The smallest absolute Gasteiger partial charge is 0.391 e. The second-order valence-corrected chi connectivity index (χ2v) is 4.77. The molecule has 0 saturated carbocycles. The van der Waals surface area contributed by atoms with Crippen LogP contribution in [0.25, 0.3) is 0 Å². The van der Waals surface area contributed by atoms with Crippen LogP contribution in [0.1, 0.15) is 12.6 Å². The topological polar surface area (TPSA) is 47.4 Å². The van der Waals surface area contributed by atoms with Gasteiger partial charge < -0.3 is 9.64 Å². The number of aryl methyl sites for hydroxylation is 1. The minimum atomic E-state index is -0.391. The molecule has 16 heavy (non-hydrogen) atoms. The van der Waals surface area contributed by atoms with Gasteiger partial charge in [-0.1, -0.05) is 6.92 Å². The van der Waals surface area contributed by atoms with E-state index in [2.05, 4.69) is 12.0 Å². The van der Waals surface area contributed by atoms with Crippen molar-refractivity contribution in [2.75, 3.05) is 19.8 Å². The van der Waals surface area contributed by atoms with Crippen molar-refractivity contribution < 1.29 is 9.53 Å². The molecule has 0 saturated heterocycles. The lowest BCUT2D eigenvalue weighted by Gasteiger charge is -2.09. The van der Waals surface area contributed by atoms with Gasteiger partial charge in [0, 0.05) is 33.0 Å². The van der Waals surface area contributed by atoms with Gasteiger partial charge in [-0.3, -0.25) is 0 Å². The summed E-state index contributed by atoms with van der Waals surface area (Å²) >= 11 is 1.78. The van der Waals surface area contributed by atoms with Crippen molar-refractivity contribution in [3.05, 3.63) is 11.8 Å². The van der Waals surface area contributed by atoms with E-state index >= 15 is 0 Å². The zero-order valence-corrected chi connectivity index (χ0v) is 10.9. The van der Waals surface area contributed by atoms with Crippen LogP contribution in [0.3, 0.4) is 0 Å². The molecule has 5 nitrogen and oxygen atoms in total.